The van der Waals surface area contributed by atoms with E-state index < -0.39 is 6.10 Å². The van der Waals surface area contributed by atoms with Gasteiger partial charge in [0, 0.05) is 6.54 Å². The molecule has 0 saturated carbocycles. The molecule has 0 aromatic heterocycles. The maximum absolute atomic E-state index is 11.8. The first kappa shape index (κ1) is 15.5. The molecule has 0 aliphatic heterocycles. The number of ether oxygens (including phenoxy) is 1. The van der Waals surface area contributed by atoms with Crippen LogP contribution in [-0.4, -0.2) is 44.1 Å². The van der Waals surface area contributed by atoms with Gasteiger partial charge >= 0.3 is 0 Å². The third kappa shape index (κ3) is 6.25. The number of carbonyl (C=O) groups is 1. The van der Waals surface area contributed by atoms with Crippen molar-refractivity contribution in [3.63, 3.8) is 0 Å². The SMILES string of the molecule is Cc1cccc(O[C@@H](C)C(=O)NCCCN(C)C)c1. The van der Waals surface area contributed by atoms with E-state index in [2.05, 4.69) is 10.2 Å². The summed E-state index contributed by atoms with van der Waals surface area (Å²) < 4.78 is 5.61. The lowest BCUT2D eigenvalue weighted by Crippen LogP contribution is -2.37. The Morgan fingerprint density at radius 3 is 2.79 bits per heavy atom. The van der Waals surface area contributed by atoms with Crippen LogP contribution < -0.4 is 10.1 Å². The highest BCUT2D eigenvalue weighted by Gasteiger charge is 2.13. The predicted molar refractivity (Wildman–Crippen MR) is 77.4 cm³/mol. The molecule has 0 aliphatic rings. The summed E-state index contributed by atoms with van der Waals surface area (Å²) in [5.74, 6) is 0.663. The third-order valence-electron chi connectivity index (χ3n) is 2.75. The zero-order valence-corrected chi connectivity index (χ0v) is 12.3. The Morgan fingerprint density at radius 2 is 2.16 bits per heavy atom. The number of nitrogens with one attached hydrogen (secondary N) is 1. The van der Waals surface area contributed by atoms with Crippen LogP contribution in [-0.2, 0) is 4.79 Å². The average molecular weight is 264 g/mol. The summed E-state index contributed by atoms with van der Waals surface area (Å²) in [7, 11) is 4.04. The second-order valence-corrected chi connectivity index (χ2v) is 5.02. The number of hydrogen-bond donors (Lipinski definition) is 1. The summed E-state index contributed by atoms with van der Waals surface area (Å²) in [4.78, 5) is 13.9. The Labute approximate surface area is 115 Å². The van der Waals surface area contributed by atoms with Crippen molar-refractivity contribution in [3.8, 4) is 5.75 Å². The highest BCUT2D eigenvalue weighted by Crippen LogP contribution is 2.14. The standard InChI is InChI=1S/C15H24N2O2/c1-12-7-5-8-14(11-12)19-13(2)15(18)16-9-6-10-17(3)4/h5,7-8,11,13H,6,9-10H2,1-4H3,(H,16,18)/t13-/m0/s1. The maximum Gasteiger partial charge on any atom is 0.260 e. The first-order chi connectivity index (χ1) is 8.99. The molecule has 19 heavy (non-hydrogen) atoms. The molecule has 0 saturated heterocycles. The van der Waals surface area contributed by atoms with Gasteiger partial charge < -0.3 is 15.0 Å². The fraction of sp³-hybridized carbons (Fsp3) is 0.533. The number of aryl methyl sites for hydroxylation is 1. The molecule has 4 heteroatoms. The Bertz CT molecular complexity index is 405. The second-order valence-electron chi connectivity index (χ2n) is 5.02. The van der Waals surface area contributed by atoms with Gasteiger partial charge in [0.15, 0.2) is 6.10 Å². The minimum atomic E-state index is -0.471. The summed E-state index contributed by atoms with van der Waals surface area (Å²) in [5.41, 5.74) is 1.12. The topological polar surface area (TPSA) is 41.6 Å². The Kier molecular flexibility index (Phi) is 6.36. The molecule has 1 rings (SSSR count). The molecule has 0 heterocycles. The number of nitrogens with zero attached hydrogens (tertiary/aromatic N) is 1. The van der Waals surface area contributed by atoms with E-state index >= 15 is 0 Å². The lowest BCUT2D eigenvalue weighted by atomic mass is 10.2. The van der Waals surface area contributed by atoms with E-state index in [0.717, 1.165) is 24.3 Å². The molecule has 0 fully saturated rings. The number of rotatable bonds is 7. The maximum atomic E-state index is 11.8. The highest BCUT2D eigenvalue weighted by atomic mass is 16.5. The van der Waals surface area contributed by atoms with E-state index in [9.17, 15) is 4.79 Å². The summed E-state index contributed by atoms with van der Waals surface area (Å²) in [6.45, 7) is 5.41. The Balaban J connectivity index is 2.32. The van der Waals surface area contributed by atoms with Crippen LogP contribution in [0.5, 0.6) is 5.75 Å². The van der Waals surface area contributed by atoms with Crippen molar-refractivity contribution in [3.05, 3.63) is 29.8 Å². The van der Waals surface area contributed by atoms with E-state index in [1.54, 1.807) is 6.92 Å². The largest absolute Gasteiger partial charge is 0.481 e. The number of hydrogen-bond acceptors (Lipinski definition) is 3. The molecular weight excluding hydrogens is 240 g/mol. The first-order valence-corrected chi connectivity index (χ1v) is 6.65. The van der Waals surface area contributed by atoms with Crippen LogP contribution >= 0.6 is 0 Å². The van der Waals surface area contributed by atoms with E-state index in [-0.39, 0.29) is 5.91 Å². The molecule has 0 spiro atoms. The van der Waals surface area contributed by atoms with Crippen LogP contribution in [0.25, 0.3) is 0 Å². The smallest absolute Gasteiger partial charge is 0.260 e. The lowest BCUT2D eigenvalue weighted by molar-refractivity contribution is -0.127. The summed E-state index contributed by atoms with van der Waals surface area (Å²) in [6, 6.07) is 7.71. The summed E-state index contributed by atoms with van der Waals surface area (Å²) in [5, 5.41) is 2.88. The Morgan fingerprint density at radius 1 is 1.42 bits per heavy atom. The van der Waals surface area contributed by atoms with Crippen molar-refractivity contribution in [2.24, 2.45) is 0 Å². The minimum absolute atomic E-state index is 0.0692. The van der Waals surface area contributed by atoms with Gasteiger partial charge in [0.05, 0.1) is 0 Å². The van der Waals surface area contributed by atoms with Crippen molar-refractivity contribution in [2.75, 3.05) is 27.2 Å². The highest BCUT2D eigenvalue weighted by molar-refractivity contribution is 5.80. The monoisotopic (exact) mass is 264 g/mol. The molecule has 1 N–H and O–H groups in total. The molecule has 0 aliphatic carbocycles. The second kappa shape index (κ2) is 7.79. The fourth-order valence-corrected chi connectivity index (χ4v) is 1.70. The van der Waals surface area contributed by atoms with Crippen molar-refractivity contribution < 1.29 is 9.53 Å². The van der Waals surface area contributed by atoms with Gasteiger partial charge in [-0.1, -0.05) is 12.1 Å². The van der Waals surface area contributed by atoms with Gasteiger partial charge in [-0.15, -0.1) is 0 Å². The molecule has 1 atom stereocenters. The van der Waals surface area contributed by atoms with Crippen LogP contribution in [0.15, 0.2) is 24.3 Å². The molecule has 106 valence electrons. The molecular formula is C15H24N2O2. The molecule has 1 aromatic carbocycles. The van der Waals surface area contributed by atoms with Crippen molar-refractivity contribution in [2.45, 2.75) is 26.4 Å². The zero-order chi connectivity index (χ0) is 14.3. The van der Waals surface area contributed by atoms with Gasteiger partial charge in [-0.3, -0.25) is 4.79 Å². The third-order valence-corrected chi connectivity index (χ3v) is 2.75. The minimum Gasteiger partial charge on any atom is -0.481 e. The fourth-order valence-electron chi connectivity index (χ4n) is 1.70. The molecule has 4 nitrogen and oxygen atoms in total. The van der Waals surface area contributed by atoms with Crippen LogP contribution in [0.3, 0.4) is 0 Å². The molecule has 0 bridgehead atoms. The molecule has 1 aromatic rings. The van der Waals surface area contributed by atoms with Gasteiger partial charge in [0.1, 0.15) is 5.75 Å². The van der Waals surface area contributed by atoms with Gasteiger partial charge in [0.2, 0.25) is 0 Å². The van der Waals surface area contributed by atoms with Crippen LogP contribution in [0, 0.1) is 6.92 Å². The van der Waals surface area contributed by atoms with Gasteiger partial charge in [-0.05, 0) is 58.6 Å². The van der Waals surface area contributed by atoms with Crippen molar-refractivity contribution in [1.29, 1.82) is 0 Å². The predicted octanol–water partition coefficient (Wildman–Crippen LogP) is 1.83. The van der Waals surface area contributed by atoms with Crippen LogP contribution in [0.2, 0.25) is 0 Å². The zero-order valence-electron chi connectivity index (χ0n) is 12.3. The van der Waals surface area contributed by atoms with Gasteiger partial charge in [-0.25, -0.2) is 0 Å². The van der Waals surface area contributed by atoms with E-state index in [0.29, 0.717) is 6.54 Å². The summed E-state index contributed by atoms with van der Waals surface area (Å²) in [6.07, 6.45) is 0.469. The van der Waals surface area contributed by atoms with Gasteiger partial charge in [0.25, 0.3) is 5.91 Å². The summed E-state index contributed by atoms with van der Waals surface area (Å²) >= 11 is 0. The van der Waals surface area contributed by atoms with E-state index in [4.69, 9.17) is 4.74 Å². The molecule has 0 radical (unpaired) electrons. The molecule has 0 unspecified atom stereocenters. The number of amides is 1. The Hall–Kier alpha value is -1.55. The number of benzene rings is 1. The quantitative estimate of drug-likeness (QED) is 0.764. The number of carbonyl (C=O) groups excluding carboxylic acids is 1. The average Bonchev–Trinajstić information content (AvgIpc) is 2.34. The van der Waals surface area contributed by atoms with Gasteiger partial charge in [-0.2, -0.15) is 0 Å². The normalized spacial score (nSPS) is 12.3. The van der Waals surface area contributed by atoms with E-state index in [1.807, 2.05) is 45.3 Å². The first-order valence-electron chi connectivity index (χ1n) is 6.65. The van der Waals surface area contributed by atoms with Crippen LogP contribution in [0.4, 0.5) is 0 Å². The van der Waals surface area contributed by atoms with Crippen molar-refractivity contribution in [1.82, 2.24) is 10.2 Å². The lowest BCUT2D eigenvalue weighted by Gasteiger charge is -2.15. The van der Waals surface area contributed by atoms with Crippen LogP contribution in [0.1, 0.15) is 18.9 Å². The molecule has 1 amide bonds. The van der Waals surface area contributed by atoms with Crippen molar-refractivity contribution >= 4 is 5.91 Å². The van der Waals surface area contributed by atoms with E-state index in [1.165, 1.54) is 0 Å².